The first-order valence-electron chi connectivity index (χ1n) is 4.94. The Morgan fingerprint density at radius 2 is 2.00 bits per heavy atom. The Balaban J connectivity index is 2.44. The molecule has 1 aromatic carbocycles. The zero-order chi connectivity index (χ0) is 11.1. The van der Waals surface area contributed by atoms with Gasteiger partial charge in [-0.05, 0) is 24.3 Å². The molecule has 0 radical (unpaired) electrons. The number of H-pyrrole nitrogens is 1. The number of nitrogens with one attached hydrogen (secondary N) is 1. The topological polar surface area (TPSA) is 48.9 Å². The van der Waals surface area contributed by atoms with Crippen molar-refractivity contribution in [3.8, 4) is 0 Å². The van der Waals surface area contributed by atoms with E-state index >= 15 is 0 Å². The highest BCUT2D eigenvalue weighted by Gasteiger charge is 2.05. The molecule has 2 heterocycles. The molecule has 0 aliphatic heterocycles. The summed E-state index contributed by atoms with van der Waals surface area (Å²) in [6.07, 6.45) is 1.73. The minimum Gasteiger partial charge on any atom is -0.390 e. The van der Waals surface area contributed by atoms with E-state index < -0.39 is 0 Å². The number of aliphatic hydroxyl groups is 1. The molecular formula is C12H9ClN2O. The van der Waals surface area contributed by atoms with E-state index in [1.54, 1.807) is 6.20 Å². The minimum atomic E-state index is -0.0524. The van der Waals surface area contributed by atoms with Crippen LogP contribution >= 0.6 is 11.6 Å². The molecule has 0 spiro atoms. The summed E-state index contributed by atoms with van der Waals surface area (Å²) in [5.41, 5.74) is 2.64. The van der Waals surface area contributed by atoms with Crippen LogP contribution in [-0.2, 0) is 6.61 Å². The van der Waals surface area contributed by atoms with Gasteiger partial charge in [0.2, 0.25) is 0 Å². The molecule has 0 saturated heterocycles. The van der Waals surface area contributed by atoms with Crippen molar-refractivity contribution in [1.29, 1.82) is 0 Å². The van der Waals surface area contributed by atoms with Crippen molar-refractivity contribution in [3.05, 3.63) is 41.2 Å². The van der Waals surface area contributed by atoms with E-state index in [9.17, 15) is 0 Å². The van der Waals surface area contributed by atoms with Gasteiger partial charge in [0.05, 0.1) is 24.0 Å². The van der Waals surface area contributed by atoms with Crippen molar-refractivity contribution in [2.24, 2.45) is 0 Å². The molecule has 4 heteroatoms. The maximum atomic E-state index is 9.06. The monoisotopic (exact) mass is 232 g/mol. The van der Waals surface area contributed by atoms with Gasteiger partial charge in [-0.25, -0.2) is 0 Å². The predicted octanol–water partition coefficient (Wildman–Crippen LogP) is 2.86. The van der Waals surface area contributed by atoms with Crippen molar-refractivity contribution in [2.75, 3.05) is 0 Å². The first-order valence-corrected chi connectivity index (χ1v) is 5.32. The summed E-state index contributed by atoms with van der Waals surface area (Å²) in [6, 6.07) is 7.58. The van der Waals surface area contributed by atoms with E-state index in [-0.39, 0.29) is 6.61 Å². The zero-order valence-corrected chi connectivity index (χ0v) is 9.12. The molecule has 0 saturated carbocycles. The number of aromatic amines is 1. The lowest BCUT2D eigenvalue weighted by Gasteiger charge is -1.95. The number of rotatable bonds is 1. The Bertz CT molecular complexity index is 675. The summed E-state index contributed by atoms with van der Waals surface area (Å²) < 4.78 is 0. The van der Waals surface area contributed by atoms with Crippen molar-refractivity contribution >= 4 is 33.4 Å². The van der Waals surface area contributed by atoms with Crippen LogP contribution in [0.1, 0.15) is 5.69 Å². The Labute approximate surface area is 96.7 Å². The van der Waals surface area contributed by atoms with Gasteiger partial charge in [0.25, 0.3) is 0 Å². The lowest BCUT2D eigenvalue weighted by Crippen LogP contribution is -1.86. The second kappa shape index (κ2) is 3.47. The molecule has 3 aromatic rings. The molecule has 3 nitrogen and oxygen atoms in total. The first-order chi connectivity index (χ1) is 7.78. The van der Waals surface area contributed by atoms with Crippen LogP contribution in [0, 0.1) is 0 Å². The number of aromatic nitrogens is 2. The number of pyridine rings is 1. The minimum absolute atomic E-state index is 0.0524. The fourth-order valence-corrected chi connectivity index (χ4v) is 2.07. The fraction of sp³-hybridized carbons (Fsp3) is 0.0833. The highest BCUT2D eigenvalue weighted by Crippen LogP contribution is 2.27. The van der Waals surface area contributed by atoms with Crippen LogP contribution in [-0.4, -0.2) is 15.1 Å². The van der Waals surface area contributed by atoms with Crippen molar-refractivity contribution < 1.29 is 5.11 Å². The molecule has 0 bridgehead atoms. The molecule has 0 amide bonds. The number of halogens is 1. The molecule has 16 heavy (non-hydrogen) atoms. The molecule has 80 valence electrons. The van der Waals surface area contributed by atoms with E-state index in [2.05, 4.69) is 9.97 Å². The number of hydrogen-bond acceptors (Lipinski definition) is 2. The normalized spacial score (nSPS) is 11.4. The van der Waals surface area contributed by atoms with Gasteiger partial charge in [0, 0.05) is 21.3 Å². The Hall–Kier alpha value is -1.58. The average molecular weight is 233 g/mol. The summed E-state index contributed by atoms with van der Waals surface area (Å²) in [7, 11) is 0. The maximum absolute atomic E-state index is 9.06. The standard InChI is InChI=1S/C12H9ClN2O/c13-7-1-2-11-9(3-7)10-4-8(6-16)14-5-12(10)15-11/h1-5,15-16H,6H2. The van der Waals surface area contributed by atoms with E-state index in [1.165, 1.54) is 0 Å². The maximum Gasteiger partial charge on any atom is 0.0853 e. The number of fused-ring (bicyclic) bond motifs is 3. The fourth-order valence-electron chi connectivity index (χ4n) is 1.90. The summed E-state index contributed by atoms with van der Waals surface area (Å²) in [6.45, 7) is -0.0524. The molecular weight excluding hydrogens is 224 g/mol. The van der Waals surface area contributed by atoms with Gasteiger partial charge in [0.15, 0.2) is 0 Å². The summed E-state index contributed by atoms with van der Waals surface area (Å²) in [4.78, 5) is 7.38. The van der Waals surface area contributed by atoms with Gasteiger partial charge in [-0.1, -0.05) is 11.6 Å². The van der Waals surface area contributed by atoms with Crippen LogP contribution in [0.3, 0.4) is 0 Å². The Morgan fingerprint density at radius 3 is 2.81 bits per heavy atom. The molecule has 3 rings (SSSR count). The Morgan fingerprint density at radius 1 is 1.19 bits per heavy atom. The van der Waals surface area contributed by atoms with Gasteiger partial charge in [-0.3, -0.25) is 4.98 Å². The molecule has 2 aromatic heterocycles. The van der Waals surface area contributed by atoms with Crippen LogP contribution in [0.25, 0.3) is 21.8 Å². The first kappa shape index (κ1) is 9.63. The van der Waals surface area contributed by atoms with E-state index in [0.29, 0.717) is 10.7 Å². The quantitative estimate of drug-likeness (QED) is 0.678. The van der Waals surface area contributed by atoms with Crippen LogP contribution in [0.15, 0.2) is 30.5 Å². The SMILES string of the molecule is OCc1cc2c(cn1)[nH]c1ccc(Cl)cc12. The van der Waals surface area contributed by atoms with E-state index in [0.717, 1.165) is 21.8 Å². The van der Waals surface area contributed by atoms with Gasteiger partial charge in [-0.2, -0.15) is 0 Å². The van der Waals surface area contributed by atoms with Crippen molar-refractivity contribution in [2.45, 2.75) is 6.61 Å². The van der Waals surface area contributed by atoms with Crippen LogP contribution in [0.5, 0.6) is 0 Å². The number of nitrogens with zero attached hydrogens (tertiary/aromatic N) is 1. The van der Waals surface area contributed by atoms with Gasteiger partial charge >= 0.3 is 0 Å². The third-order valence-electron chi connectivity index (χ3n) is 2.66. The molecule has 0 aliphatic carbocycles. The van der Waals surface area contributed by atoms with Crippen molar-refractivity contribution in [1.82, 2.24) is 9.97 Å². The second-order valence-corrected chi connectivity index (χ2v) is 4.13. The zero-order valence-electron chi connectivity index (χ0n) is 8.37. The van der Waals surface area contributed by atoms with Gasteiger partial charge in [0.1, 0.15) is 0 Å². The number of aliphatic hydroxyl groups excluding tert-OH is 1. The predicted molar refractivity (Wildman–Crippen MR) is 64.5 cm³/mol. The van der Waals surface area contributed by atoms with E-state index in [4.69, 9.17) is 16.7 Å². The highest BCUT2D eigenvalue weighted by atomic mass is 35.5. The summed E-state index contributed by atoms with van der Waals surface area (Å²) in [5, 5.41) is 11.9. The largest absolute Gasteiger partial charge is 0.390 e. The number of benzene rings is 1. The molecule has 0 atom stereocenters. The number of hydrogen-bond donors (Lipinski definition) is 2. The average Bonchev–Trinajstić information content (AvgIpc) is 2.66. The van der Waals surface area contributed by atoms with Crippen LogP contribution in [0.4, 0.5) is 0 Å². The molecule has 2 N–H and O–H groups in total. The third kappa shape index (κ3) is 1.37. The van der Waals surface area contributed by atoms with E-state index in [1.807, 2.05) is 24.3 Å². The van der Waals surface area contributed by atoms with Gasteiger partial charge < -0.3 is 10.1 Å². The Kier molecular flexibility index (Phi) is 2.09. The van der Waals surface area contributed by atoms with Gasteiger partial charge in [-0.15, -0.1) is 0 Å². The summed E-state index contributed by atoms with van der Waals surface area (Å²) in [5.74, 6) is 0. The third-order valence-corrected chi connectivity index (χ3v) is 2.90. The molecule has 0 fully saturated rings. The summed E-state index contributed by atoms with van der Waals surface area (Å²) >= 11 is 5.97. The smallest absolute Gasteiger partial charge is 0.0853 e. The lowest BCUT2D eigenvalue weighted by atomic mass is 10.2. The van der Waals surface area contributed by atoms with Crippen LogP contribution in [0.2, 0.25) is 5.02 Å². The highest BCUT2D eigenvalue weighted by molar-refractivity contribution is 6.31. The van der Waals surface area contributed by atoms with Crippen molar-refractivity contribution in [3.63, 3.8) is 0 Å². The lowest BCUT2D eigenvalue weighted by molar-refractivity contribution is 0.277. The van der Waals surface area contributed by atoms with Crippen LogP contribution < -0.4 is 0 Å². The second-order valence-electron chi connectivity index (χ2n) is 3.69. The molecule has 0 aliphatic rings. The molecule has 0 unspecified atom stereocenters.